The van der Waals surface area contributed by atoms with Gasteiger partial charge in [-0.2, -0.15) is 4.68 Å². The van der Waals surface area contributed by atoms with Crippen LogP contribution in [0.15, 0.2) is 52.9 Å². The third-order valence-corrected chi connectivity index (χ3v) is 4.40. The number of aromatic nitrogens is 2. The Hall–Kier alpha value is -2.64. The van der Waals surface area contributed by atoms with E-state index in [1.807, 2.05) is 43.3 Å². The molecule has 6 nitrogen and oxygen atoms in total. The van der Waals surface area contributed by atoms with Crippen molar-refractivity contribution in [1.29, 1.82) is 0 Å². The van der Waals surface area contributed by atoms with Crippen LogP contribution in [-0.2, 0) is 13.2 Å². The number of benzene rings is 2. The monoisotopic (exact) mass is 386 g/mol. The molecule has 0 bridgehead atoms. The fraction of sp³-hybridized carbons (Fsp3) is 0.300. The van der Waals surface area contributed by atoms with Crippen molar-refractivity contribution in [3.8, 4) is 23.0 Å². The molecule has 0 saturated heterocycles. The summed E-state index contributed by atoms with van der Waals surface area (Å²) in [5.41, 5.74) is 2.09. The van der Waals surface area contributed by atoms with E-state index in [-0.39, 0.29) is 0 Å². The van der Waals surface area contributed by atoms with E-state index in [2.05, 4.69) is 24.3 Å². The van der Waals surface area contributed by atoms with Gasteiger partial charge >= 0.3 is 0 Å². The van der Waals surface area contributed by atoms with Gasteiger partial charge in [-0.1, -0.05) is 0 Å². The molecule has 2 aromatic carbocycles. The Kier molecular flexibility index (Phi) is 6.26. The van der Waals surface area contributed by atoms with Gasteiger partial charge in [-0.25, -0.2) is 0 Å². The molecule has 1 heterocycles. The second-order valence-electron chi connectivity index (χ2n) is 6.27. The molecule has 1 N–H and O–H groups in total. The zero-order valence-electron chi connectivity index (χ0n) is 15.8. The van der Waals surface area contributed by atoms with Gasteiger partial charge in [0.1, 0.15) is 18.0 Å². The number of nitrogens with zero attached hydrogens (tertiary/aromatic N) is 2. The number of hydrogen-bond acceptors (Lipinski definition) is 5. The molecule has 7 heteroatoms. The molecule has 0 radical (unpaired) electrons. The molecule has 27 heavy (non-hydrogen) atoms. The third-order valence-electron chi connectivity index (χ3n) is 4.10. The molecule has 142 valence electrons. The van der Waals surface area contributed by atoms with Gasteiger partial charge in [0.25, 0.3) is 4.84 Å². The smallest absolute Gasteiger partial charge is 0.292 e. The average molecular weight is 386 g/mol. The van der Waals surface area contributed by atoms with Crippen LogP contribution in [0.3, 0.4) is 0 Å². The van der Waals surface area contributed by atoms with Crippen LogP contribution in [-0.4, -0.2) is 30.5 Å². The maximum Gasteiger partial charge on any atom is 0.292 e. The molecule has 0 spiro atoms. The Morgan fingerprint density at radius 3 is 2.37 bits per heavy atom. The highest BCUT2D eigenvalue weighted by atomic mass is 32.1. The van der Waals surface area contributed by atoms with Crippen molar-refractivity contribution in [2.45, 2.75) is 20.1 Å². The first-order chi connectivity index (χ1) is 13.1. The van der Waals surface area contributed by atoms with Crippen molar-refractivity contribution in [3.05, 3.63) is 58.9 Å². The first-order valence-electron chi connectivity index (χ1n) is 8.84. The SMILES string of the molecule is CCOc1ccc(-c2nn(C[NH+](C)Cc3ccc(OC)cc3)c(=S)o2)cc1. The molecular weight excluding hydrogens is 362 g/mol. The molecule has 0 aliphatic heterocycles. The topological polar surface area (TPSA) is 53.9 Å². The summed E-state index contributed by atoms with van der Waals surface area (Å²) in [6, 6.07) is 15.7. The molecular formula is C20H24N3O3S+. The largest absolute Gasteiger partial charge is 0.497 e. The van der Waals surface area contributed by atoms with Crippen LogP contribution in [0.25, 0.3) is 11.5 Å². The zero-order valence-corrected chi connectivity index (χ0v) is 16.6. The van der Waals surface area contributed by atoms with Crippen molar-refractivity contribution in [2.24, 2.45) is 0 Å². The maximum atomic E-state index is 5.68. The summed E-state index contributed by atoms with van der Waals surface area (Å²) in [5, 5.41) is 4.53. The van der Waals surface area contributed by atoms with Gasteiger partial charge in [0.15, 0.2) is 6.67 Å². The van der Waals surface area contributed by atoms with Crippen LogP contribution in [0.5, 0.6) is 11.5 Å². The Labute approximate surface area is 163 Å². The lowest BCUT2D eigenvalue weighted by Crippen LogP contribution is -3.07. The standard InChI is InChI=1S/C20H23N3O3S/c1-4-25-18-11-7-16(8-12-18)19-21-23(20(27)26-19)14-22(2)13-15-5-9-17(24-3)10-6-15/h5-12H,4,13-14H2,1-3H3/p+1. The van der Waals surface area contributed by atoms with Gasteiger partial charge in [0.2, 0.25) is 5.89 Å². The van der Waals surface area contributed by atoms with Gasteiger partial charge in [-0.3, -0.25) is 0 Å². The maximum absolute atomic E-state index is 5.68. The van der Waals surface area contributed by atoms with Crippen molar-refractivity contribution < 1.29 is 18.8 Å². The lowest BCUT2D eigenvalue weighted by Gasteiger charge is -2.13. The predicted octanol–water partition coefficient (Wildman–Crippen LogP) is 2.95. The minimum Gasteiger partial charge on any atom is -0.497 e. The predicted molar refractivity (Wildman–Crippen MR) is 106 cm³/mol. The number of rotatable bonds is 8. The number of ether oxygens (including phenoxy) is 2. The Bertz CT molecular complexity index is 917. The molecule has 1 aromatic heterocycles. The van der Waals surface area contributed by atoms with Crippen LogP contribution in [0.4, 0.5) is 0 Å². The van der Waals surface area contributed by atoms with E-state index in [1.165, 1.54) is 10.5 Å². The number of nitrogens with one attached hydrogen (secondary N) is 1. The van der Waals surface area contributed by atoms with Crippen molar-refractivity contribution in [2.75, 3.05) is 20.8 Å². The lowest BCUT2D eigenvalue weighted by molar-refractivity contribution is -0.917. The highest BCUT2D eigenvalue weighted by Gasteiger charge is 2.12. The van der Waals surface area contributed by atoms with Gasteiger partial charge < -0.3 is 18.8 Å². The number of quaternary nitrogens is 1. The average Bonchev–Trinajstić information content (AvgIpc) is 3.03. The Morgan fingerprint density at radius 2 is 1.74 bits per heavy atom. The molecule has 0 saturated carbocycles. The summed E-state index contributed by atoms with van der Waals surface area (Å²) in [4.78, 5) is 1.61. The fourth-order valence-electron chi connectivity index (χ4n) is 2.79. The molecule has 0 aliphatic rings. The van der Waals surface area contributed by atoms with Crippen LogP contribution in [0.2, 0.25) is 0 Å². The molecule has 1 atom stereocenters. The van der Waals surface area contributed by atoms with E-state index in [9.17, 15) is 0 Å². The molecule has 0 aliphatic carbocycles. The first-order valence-corrected chi connectivity index (χ1v) is 9.25. The third kappa shape index (κ3) is 4.96. The zero-order chi connectivity index (χ0) is 19.2. The fourth-order valence-corrected chi connectivity index (χ4v) is 2.97. The van der Waals surface area contributed by atoms with E-state index >= 15 is 0 Å². The summed E-state index contributed by atoms with van der Waals surface area (Å²) < 4.78 is 18.1. The van der Waals surface area contributed by atoms with Crippen LogP contribution >= 0.6 is 12.2 Å². The van der Waals surface area contributed by atoms with Gasteiger partial charge in [-0.05, 0) is 67.7 Å². The quantitative estimate of drug-likeness (QED) is 0.603. The van der Waals surface area contributed by atoms with Gasteiger partial charge in [0, 0.05) is 11.1 Å². The first kappa shape index (κ1) is 19.1. The van der Waals surface area contributed by atoms with Crippen LogP contribution in [0.1, 0.15) is 12.5 Å². The minimum atomic E-state index is 0.368. The highest BCUT2D eigenvalue weighted by molar-refractivity contribution is 7.71. The van der Waals surface area contributed by atoms with Crippen LogP contribution in [0, 0.1) is 4.84 Å². The van der Waals surface area contributed by atoms with E-state index < -0.39 is 0 Å². The second kappa shape index (κ2) is 8.83. The van der Waals surface area contributed by atoms with Gasteiger partial charge in [0.05, 0.1) is 20.8 Å². The number of methoxy groups -OCH3 is 1. The summed E-state index contributed by atoms with van der Waals surface area (Å²) in [5.74, 6) is 2.19. The molecule has 0 fully saturated rings. The highest BCUT2D eigenvalue weighted by Crippen LogP contribution is 2.21. The Morgan fingerprint density at radius 1 is 1.07 bits per heavy atom. The molecule has 0 amide bonds. The molecule has 3 rings (SSSR count). The van der Waals surface area contributed by atoms with E-state index in [1.54, 1.807) is 11.8 Å². The van der Waals surface area contributed by atoms with Crippen LogP contribution < -0.4 is 14.4 Å². The number of hydrogen-bond donors (Lipinski definition) is 1. The summed E-state index contributed by atoms with van der Waals surface area (Å²) in [6.45, 7) is 4.06. The normalized spacial score (nSPS) is 12.0. The minimum absolute atomic E-state index is 0.368. The van der Waals surface area contributed by atoms with Crippen molar-refractivity contribution >= 4 is 12.2 Å². The van der Waals surface area contributed by atoms with Crippen molar-refractivity contribution in [3.63, 3.8) is 0 Å². The van der Waals surface area contributed by atoms with Gasteiger partial charge in [-0.15, -0.1) is 5.10 Å². The summed E-state index contributed by atoms with van der Waals surface area (Å²) in [6.07, 6.45) is 0. The Balaban J connectivity index is 1.67. The lowest BCUT2D eigenvalue weighted by atomic mass is 10.2. The van der Waals surface area contributed by atoms with E-state index in [0.717, 1.165) is 23.6 Å². The summed E-state index contributed by atoms with van der Waals surface area (Å²) >= 11 is 5.34. The van der Waals surface area contributed by atoms with Crippen molar-refractivity contribution in [1.82, 2.24) is 9.78 Å². The molecule has 1 unspecified atom stereocenters. The van der Waals surface area contributed by atoms with E-state index in [4.69, 9.17) is 26.1 Å². The molecule has 3 aromatic rings. The summed E-state index contributed by atoms with van der Waals surface area (Å²) in [7, 11) is 3.76. The van der Waals surface area contributed by atoms with E-state index in [0.29, 0.717) is 24.0 Å². The second-order valence-corrected chi connectivity index (χ2v) is 6.62.